The van der Waals surface area contributed by atoms with Gasteiger partial charge in [-0.15, -0.1) is 0 Å². The molecule has 20 heavy (non-hydrogen) atoms. The zero-order chi connectivity index (χ0) is 14.7. The van der Waals surface area contributed by atoms with E-state index in [0.717, 1.165) is 18.2 Å². The molecule has 1 aromatic carbocycles. The number of carbonyl (C=O) groups is 1. The van der Waals surface area contributed by atoms with Crippen molar-refractivity contribution in [2.45, 2.75) is 20.0 Å². The van der Waals surface area contributed by atoms with Crippen LogP contribution >= 0.6 is 11.6 Å². The summed E-state index contributed by atoms with van der Waals surface area (Å²) in [5.41, 5.74) is 1.73. The van der Waals surface area contributed by atoms with E-state index < -0.39 is 5.82 Å². The Balaban J connectivity index is 2.18. The third-order valence-electron chi connectivity index (χ3n) is 2.91. The van der Waals surface area contributed by atoms with Crippen molar-refractivity contribution in [2.75, 3.05) is 0 Å². The highest BCUT2D eigenvalue weighted by molar-refractivity contribution is 6.31. The van der Waals surface area contributed by atoms with Crippen molar-refractivity contribution in [2.24, 2.45) is 7.05 Å². The SMILES string of the molecule is CCc1nn(C)c(COc2cc(F)cc(C=O)c2)c1Cl. The summed E-state index contributed by atoms with van der Waals surface area (Å²) < 4.78 is 20.4. The number of benzene rings is 1. The zero-order valence-electron chi connectivity index (χ0n) is 11.2. The first-order valence-electron chi connectivity index (χ1n) is 6.14. The molecule has 1 heterocycles. The molecule has 1 aromatic heterocycles. The van der Waals surface area contributed by atoms with E-state index in [4.69, 9.17) is 16.3 Å². The normalized spacial score (nSPS) is 10.6. The standard InChI is InChI=1S/C14H14ClFN2O2/c1-3-12-14(15)13(18(2)17-12)8-20-11-5-9(7-19)4-10(16)6-11/h4-7H,3,8H2,1-2H3. The van der Waals surface area contributed by atoms with Crippen LogP contribution in [0.3, 0.4) is 0 Å². The zero-order valence-corrected chi connectivity index (χ0v) is 11.9. The van der Waals surface area contributed by atoms with Crippen molar-refractivity contribution in [1.82, 2.24) is 9.78 Å². The fraction of sp³-hybridized carbons (Fsp3) is 0.286. The number of aryl methyl sites for hydroxylation is 2. The van der Waals surface area contributed by atoms with Gasteiger partial charge in [0.2, 0.25) is 0 Å². The van der Waals surface area contributed by atoms with Crippen LogP contribution in [0.1, 0.15) is 28.7 Å². The summed E-state index contributed by atoms with van der Waals surface area (Å²) in [5, 5.41) is 4.82. The van der Waals surface area contributed by atoms with Crippen LogP contribution in [0, 0.1) is 5.82 Å². The molecule has 0 amide bonds. The van der Waals surface area contributed by atoms with Gasteiger partial charge in [0.25, 0.3) is 0 Å². The average Bonchev–Trinajstić information content (AvgIpc) is 2.70. The minimum Gasteiger partial charge on any atom is -0.487 e. The molecule has 0 aliphatic heterocycles. The van der Waals surface area contributed by atoms with Crippen molar-refractivity contribution < 1.29 is 13.9 Å². The molecule has 0 bridgehead atoms. The lowest BCUT2D eigenvalue weighted by atomic mass is 10.2. The maximum absolute atomic E-state index is 13.3. The number of hydrogen-bond acceptors (Lipinski definition) is 3. The minimum atomic E-state index is -0.519. The van der Waals surface area contributed by atoms with Crippen LogP contribution in [0.15, 0.2) is 18.2 Å². The summed E-state index contributed by atoms with van der Waals surface area (Å²) in [7, 11) is 1.77. The molecule has 0 unspecified atom stereocenters. The van der Waals surface area contributed by atoms with Crippen molar-refractivity contribution in [3.63, 3.8) is 0 Å². The number of aldehydes is 1. The molecule has 0 N–H and O–H groups in total. The highest BCUT2D eigenvalue weighted by atomic mass is 35.5. The molecule has 2 rings (SSSR count). The number of carbonyl (C=O) groups excluding carboxylic acids is 1. The Hall–Kier alpha value is -1.88. The Morgan fingerprint density at radius 2 is 2.20 bits per heavy atom. The van der Waals surface area contributed by atoms with E-state index in [9.17, 15) is 9.18 Å². The molecule has 0 spiro atoms. The average molecular weight is 297 g/mol. The molecule has 2 aromatic rings. The van der Waals surface area contributed by atoms with Crippen LogP contribution in [0.5, 0.6) is 5.75 Å². The summed E-state index contributed by atoms with van der Waals surface area (Å²) in [6, 6.07) is 3.84. The number of nitrogens with zero attached hydrogens (tertiary/aromatic N) is 2. The second-order valence-corrected chi connectivity index (χ2v) is 4.69. The molecule has 0 aliphatic rings. The van der Waals surface area contributed by atoms with Gasteiger partial charge in [-0.25, -0.2) is 4.39 Å². The lowest BCUT2D eigenvalue weighted by Gasteiger charge is -2.07. The van der Waals surface area contributed by atoms with Crippen molar-refractivity contribution in [1.29, 1.82) is 0 Å². The Labute approximate surface area is 121 Å². The Morgan fingerprint density at radius 3 is 2.80 bits per heavy atom. The highest BCUT2D eigenvalue weighted by Gasteiger charge is 2.13. The lowest BCUT2D eigenvalue weighted by molar-refractivity contribution is 0.112. The molecule has 0 saturated heterocycles. The number of halogens is 2. The first kappa shape index (κ1) is 14.5. The van der Waals surface area contributed by atoms with E-state index in [1.54, 1.807) is 11.7 Å². The molecule has 0 saturated carbocycles. The van der Waals surface area contributed by atoms with Gasteiger partial charge in [0.05, 0.1) is 16.4 Å². The monoisotopic (exact) mass is 296 g/mol. The molecular weight excluding hydrogens is 283 g/mol. The summed E-state index contributed by atoms with van der Waals surface area (Å²) >= 11 is 6.19. The first-order chi connectivity index (χ1) is 9.55. The minimum absolute atomic E-state index is 0.157. The van der Waals surface area contributed by atoms with E-state index in [1.165, 1.54) is 12.1 Å². The van der Waals surface area contributed by atoms with Gasteiger partial charge in [0, 0.05) is 18.7 Å². The van der Waals surface area contributed by atoms with Gasteiger partial charge < -0.3 is 4.74 Å². The molecule has 0 atom stereocenters. The van der Waals surface area contributed by atoms with Gasteiger partial charge in [-0.3, -0.25) is 9.48 Å². The van der Waals surface area contributed by atoms with Crippen molar-refractivity contribution in [3.8, 4) is 5.75 Å². The third kappa shape index (κ3) is 2.99. The largest absolute Gasteiger partial charge is 0.487 e. The van der Waals surface area contributed by atoms with Crippen LogP contribution in [0.25, 0.3) is 0 Å². The molecule has 0 fully saturated rings. The summed E-state index contributed by atoms with van der Waals surface area (Å²) in [6.45, 7) is 2.12. The quantitative estimate of drug-likeness (QED) is 0.796. The van der Waals surface area contributed by atoms with Crippen LogP contribution in [0.2, 0.25) is 5.02 Å². The third-order valence-corrected chi connectivity index (χ3v) is 3.34. The molecule has 0 aliphatic carbocycles. The van der Waals surface area contributed by atoms with Crippen molar-refractivity contribution in [3.05, 3.63) is 46.0 Å². The Morgan fingerprint density at radius 1 is 1.45 bits per heavy atom. The van der Waals surface area contributed by atoms with E-state index in [0.29, 0.717) is 17.0 Å². The second-order valence-electron chi connectivity index (χ2n) is 4.31. The maximum atomic E-state index is 13.3. The summed E-state index contributed by atoms with van der Waals surface area (Å²) in [5.74, 6) is -0.239. The molecular formula is C14H14ClFN2O2. The fourth-order valence-electron chi connectivity index (χ4n) is 1.86. The smallest absolute Gasteiger partial charge is 0.150 e. The van der Waals surface area contributed by atoms with Crippen molar-refractivity contribution >= 4 is 17.9 Å². The van der Waals surface area contributed by atoms with Gasteiger partial charge in [-0.1, -0.05) is 18.5 Å². The number of hydrogen-bond donors (Lipinski definition) is 0. The first-order valence-corrected chi connectivity index (χ1v) is 6.51. The van der Waals surface area contributed by atoms with Gasteiger partial charge >= 0.3 is 0 Å². The van der Waals surface area contributed by atoms with Crippen LogP contribution in [0.4, 0.5) is 4.39 Å². The summed E-state index contributed by atoms with van der Waals surface area (Å²) in [6.07, 6.45) is 1.30. The molecule has 4 nitrogen and oxygen atoms in total. The predicted molar refractivity (Wildman–Crippen MR) is 73.7 cm³/mol. The Bertz CT molecular complexity index is 640. The number of aromatic nitrogens is 2. The molecule has 106 valence electrons. The molecule has 6 heteroatoms. The number of ether oxygens (including phenoxy) is 1. The van der Waals surface area contributed by atoms with E-state index in [-0.39, 0.29) is 17.9 Å². The fourth-order valence-corrected chi connectivity index (χ4v) is 2.21. The summed E-state index contributed by atoms with van der Waals surface area (Å²) in [4.78, 5) is 10.7. The highest BCUT2D eigenvalue weighted by Crippen LogP contribution is 2.23. The lowest BCUT2D eigenvalue weighted by Crippen LogP contribution is -2.04. The van der Waals surface area contributed by atoms with Crippen LogP contribution in [-0.4, -0.2) is 16.1 Å². The van der Waals surface area contributed by atoms with Gasteiger partial charge in [-0.05, 0) is 18.6 Å². The predicted octanol–water partition coefficient (Wildman–Crippen LogP) is 3.17. The second kappa shape index (κ2) is 6.05. The van der Waals surface area contributed by atoms with Crippen LogP contribution in [-0.2, 0) is 20.1 Å². The van der Waals surface area contributed by atoms with E-state index in [2.05, 4.69) is 5.10 Å². The maximum Gasteiger partial charge on any atom is 0.150 e. The van der Waals surface area contributed by atoms with Gasteiger partial charge in [0.1, 0.15) is 24.5 Å². The van der Waals surface area contributed by atoms with Crippen LogP contribution < -0.4 is 4.74 Å². The Kier molecular flexibility index (Phi) is 4.39. The van der Waals surface area contributed by atoms with E-state index >= 15 is 0 Å². The van der Waals surface area contributed by atoms with Gasteiger partial charge in [0.15, 0.2) is 0 Å². The topological polar surface area (TPSA) is 44.1 Å². The molecule has 0 radical (unpaired) electrons. The van der Waals surface area contributed by atoms with E-state index in [1.807, 2.05) is 6.92 Å². The number of rotatable bonds is 5. The van der Waals surface area contributed by atoms with Gasteiger partial charge in [-0.2, -0.15) is 5.10 Å².